The van der Waals surface area contributed by atoms with Gasteiger partial charge in [0.15, 0.2) is 5.78 Å². The lowest BCUT2D eigenvalue weighted by Crippen LogP contribution is -2.17. The maximum absolute atomic E-state index is 11.6. The van der Waals surface area contributed by atoms with E-state index in [0.29, 0.717) is 0 Å². The van der Waals surface area contributed by atoms with Gasteiger partial charge in [0.05, 0.1) is 0 Å². The third kappa shape index (κ3) is 11.9. The zero-order valence-corrected chi connectivity index (χ0v) is 13.4. The van der Waals surface area contributed by atoms with Crippen molar-refractivity contribution in [1.82, 2.24) is 0 Å². The van der Waals surface area contributed by atoms with Gasteiger partial charge in [-0.1, -0.05) is 84.4 Å². The second-order valence-electron chi connectivity index (χ2n) is 6.31. The van der Waals surface area contributed by atoms with Gasteiger partial charge in [-0.15, -0.1) is 0 Å². The summed E-state index contributed by atoms with van der Waals surface area (Å²) < 4.78 is 0. The lowest BCUT2D eigenvalue weighted by Gasteiger charge is -2.12. The van der Waals surface area contributed by atoms with Crippen LogP contribution in [0.2, 0.25) is 0 Å². The predicted octanol–water partition coefficient (Wildman–Crippen LogP) is 5.85. The van der Waals surface area contributed by atoms with Gasteiger partial charge in [0.2, 0.25) is 0 Å². The van der Waals surface area contributed by atoms with Gasteiger partial charge in [-0.2, -0.15) is 0 Å². The van der Waals surface area contributed by atoms with Crippen LogP contribution in [0.3, 0.4) is 0 Å². The molecule has 0 fully saturated rings. The Hall–Kier alpha value is -0.850. The monoisotopic (exact) mass is 264 g/mol. The molecule has 0 rings (SSSR count). The molecule has 0 unspecified atom stereocenters. The first-order valence-corrected chi connectivity index (χ1v) is 7.86. The molecular weight excluding hydrogens is 232 g/mol. The fourth-order valence-electron chi connectivity index (χ4n) is 1.79. The topological polar surface area (TPSA) is 17.1 Å². The third-order valence-corrected chi connectivity index (χ3v) is 3.21. The van der Waals surface area contributed by atoms with Crippen LogP contribution in [0.25, 0.3) is 0 Å². The second-order valence-corrected chi connectivity index (χ2v) is 6.31. The molecule has 0 aromatic heterocycles. The normalized spacial score (nSPS) is 12.6. The fourth-order valence-corrected chi connectivity index (χ4v) is 1.79. The summed E-state index contributed by atoms with van der Waals surface area (Å²) in [4.78, 5) is 11.6. The highest BCUT2D eigenvalue weighted by atomic mass is 16.1. The second kappa shape index (κ2) is 11.0. The molecule has 1 heteroatoms. The number of allylic oxidation sites excluding steroid dienone is 4. The molecule has 0 N–H and O–H groups in total. The Labute approximate surface area is 120 Å². The van der Waals surface area contributed by atoms with Gasteiger partial charge in [-0.25, -0.2) is 0 Å². The zero-order chi connectivity index (χ0) is 14.6. The van der Waals surface area contributed by atoms with Gasteiger partial charge in [-0.3, -0.25) is 4.79 Å². The number of rotatable bonds is 10. The Bertz CT molecular complexity index is 279. The highest BCUT2D eigenvalue weighted by Gasteiger charge is 2.17. The number of hydrogen-bond acceptors (Lipinski definition) is 1. The summed E-state index contributed by atoms with van der Waals surface area (Å²) in [5, 5.41) is 0. The van der Waals surface area contributed by atoms with Gasteiger partial charge < -0.3 is 0 Å². The zero-order valence-electron chi connectivity index (χ0n) is 13.4. The lowest BCUT2D eigenvalue weighted by atomic mass is 9.91. The van der Waals surface area contributed by atoms with Gasteiger partial charge in [-0.05, 0) is 18.9 Å². The molecule has 19 heavy (non-hydrogen) atoms. The SMILES string of the molecule is CCCCCCCCC/C=C/C=C/C(=O)C(C)(C)C. The van der Waals surface area contributed by atoms with Crippen molar-refractivity contribution in [3.8, 4) is 0 Å². The van der Waals surface area contributed by atoms with Crippen molar-refractivity contribution in [3.63, 3.8) is 0 Å². The first kappa shape index (κ1) is 18.1. The third-order valence-electron chi connectivity index (χ3n) is 3.21. The van der Waals surface area contributed by atoms with Crippen LogP contribution in [0, 0.1) is 5.41 Å². The smallest absolute Gasteiger partial charge is 0.160 e. The van der Waals surface area contributed by atoms with E-state index in [-0.39, 0.29) is 11.2 Å². The van der Waals surface area contributed by atoms with E-state index in [9.17, 15) is 4.79 Å². The van der Waals surface area contributed by atoms with Crippen molar-refractivity contribution < 1.29 is 4.79 Å². The van der Waals surface area contributed by atoms with Gasteiger partial charge in [0.25, 0.3) is 0 Å². The number of unbranched alkanes of at least 4 members (excludes halogenated alkanes) is 7. The minimum Gasteiger partial charge on any atom is -0.294 e. The van der Waals surface area contributed by atoms with Crippen molar-refractivity contribution in [1.29, 1.82) is 0 Å². The van der Waals surface area contributed by atoms with Crippen molar-refractivity contribution in [2.75, 3.05) is 0 Å². The molecule has 0 aliphatic carbocycles. The molecule has 0 saturated carbocycles. The standard InChI is InChI=1S/C18H32O/c1-5-6-7-8-9-10-11-12-13-14-15-16-17(19)18(2,3)4/h13-16H,5-12H2,1-4H3/b14-13+,16-15+. The average Bonchev–Trinajstić information content (AvgIpc) is 2.34. The van der Waals surface area contributed by atoms with Crippen molar-refractivity contribution >= 4 is 5.78 Å². The minimum atomic E-state index is -0.261. The molecular formula is C18H32O. The molecule has 0 radical (unpaired) electrons. The van der Waals surface area contributed by atoms with Crippen LogP contribution in [0.4, 0.5) is 0 Å². The van der Waals surface area contributed by atoms with E-state index in [1.54, 1.807) is 6.08 Å². The molecule has 1 nitrogen and oxygen atoms in total. The molecule has 0 spiro atoms. The highest BCUT2D eigenvalue weighted by molar-refractivity contribution is 5.94. The summed E-state index contributed by atoms with van der Waals surface area (Å²) in [6.45, 7) is 8.09. The highest BCUT2D eigenvalue weighted by Crippen LogP contribution is 2.15. The maximum Gasteiger partial charge on any atom is 0.160 e. The summed E-state index contributed by atoms with van der Waals surface area (Å²) in [6.07, 6.45) is 18.3. The average molecular weight is 264 g/mol. The van der Waals surface area contributed by atoms with Crippen LogP contribution in [-0.2, 0) is 4.79 Å². The molecule has 0 heterocycles. The summed E-state index contributed by atoms with van der Waals surface area (Å²) >= 11 is 0. The Kier molecular flexibility index (Phi) is 10.5. The van der Waals surface area contributed by atoms with Crippen LogP contribution in [0.15, 0.2) is 24.3 Å². The fraction of sp³-hybridized carbons (Fsp3) is 0.722. The number of hydrogen-bond donors (Lipinski definition) is 0. The molecule has 0 saturated heterocycles. The molecule has 0 aromatic rings. The van der Waals surface area contributed by atoms with Crippen molar-refractivity contribution in [2.24, 2.45) is 5.41 Å². The Morgan fingerprint density at radius 2 is 1.47 bits per heavy atom. The molecule has 0 aromatic carbocycles. The van der Waals surface area contributed by atoms with Crippen molar-refractivity contribution in [3.05, 3.63) is 24.3 Å². The van der Waals surface area contributed by atoms with E-state index in [4.69, 9.17) is 0 Å². The van der Waals surface area contributed by atoms with E-state index in [1.807, 2.05) is 32.9 Å². The molecule has 0 amide bonds. The van der Waals surface area contributed by atoms with Gasteiger partial charge in [0.1, 0.15) is 0 Å². The van der Waals surface area contributed by atoms with Gasteiger partial charge in [0, 0.05) is 5.41 Å². The summed E-state index contributed by atoms with van der Waals surface area (Å²) in [7, 11) is 0. The van der Waals surface area contributed by atoms with Crippen LogP contribution >= 0.6 is 0 Å². The first-order chi connectivity index (χ1) is 8.98. The Balaban J connectivity index is 3.49. The quantitative estimate of drug-likeness (QED) is 0.274. The van der Waals surface area contributed by atoms with E-state index >= 15 is 0 Å². The maximum atomic E-state index is 11.6. The molecule has 0 aliphatic heterocycles. The molecule has 0 atom stereocenters. The first-order valence-electron chi connectivity index (χ1n) is 7.86. The summed E-state index contributed by atoms with van der Waals surface area (Å²) in [5.74, 6) is 0.188. The van der Waals surface area contributed by atoms with E-state index in [1.165, 1.54) is 44.9 Å². The molecule has 110 valence electrons. The minimum absolute atomic E-state index is 0.188. The van der Waals surface area contributed by atoms with E-state index in [2.05, 4.69) is 13.0 Å². The number of ketones is 1. The Morgan fingerprint density at radius 3 is 2.05 bits per heavy atom. The van der Waals surface area contributed by atoms with Gasteiger partial charge >= 0.3 is 0 Å². The lowest BCUT2D eigenvalue weighted by molar-refractivity contribution is -0.121. The predicted molar refractivity (Wildman–Crippen MR) is 85.4 cm³/mol. The molecule has 0 bridgehead atoms. The number of carbonyl (C=O) groups excluding carboxylic acids is 1. The van der Waals surface area contributed by atoms with E-state index in [0.717, 1.165) is 6.42 Å². The number of carbonyl (C=O) groups is 1. The van der Waals surface area contributed by atoms with Crippen LogP contribution < -0.4 is 0 Å². The van der Waals surface area contributed by atoms with Crippen LogP contribution in [0.5, 0.6) is 0 Å². The van der Waals surface area contributed by atoms with Crippen molar-refractivity contribution in [2.45, 2.75) is 79.1 Å². The summed E-state index contributed by atoms with van der Waals surface area (Å²) in [6, 6.07) is 0. The van der Waals surface area contributed by atoms with Crippen LogP contribution in [-0.4, -0.2) is 5.78 Å². The molecule has 0 aliphatic rings. The summed E-state index contributed by atoms with van der Waals surface area (Å²) in [5.41, 5.74) is -0.261. The van der Waals surface area contributed by atoms with E-state index < -0.39 is 0 Å². The Morgan fingerprint density at radius 1 is 0.895 bits per heavy atom. The largest absolute Gasteiger partial charge is 0.294 e. The van der Waals surface area contributed by atoms with Crippen LogP contribution in [0.1, 0.15) is 79.1 Å².